The topological polar surface area (TPSA) is 30.2 Å². The van der Waals surface area contributed by atoms with Gasteiger partial charge >= 0.3 is 0 Å². The molecule has 19 heavy (non-hydrogen) atoms. The van der Waals surface area contributed by atoms with E-state index in [1.807, 2.05) is 30.3 Å². The van der Waals surface area contributed by atoms with Gasteiger partial charge in [-0.15, -0.1) is 0 Å². The lowest BCUT2D eigenvalue weighted by molar-refractivity contribution is 0.615. The molecule has 94 valence electrons. The van der Waals surface area contributed by atoms with Gasteiger partial charge in [0, 0.05) is 10.6 Å². The number of benzene rings is 2. The summed E-state index contributed by atoms with van der Waals surface area (Å²) in [6, 6.07) is 14.5. The Labute approximate surface area is 122 Å². The van der Waals surface area contributed by atoms with Gasteiger partial charge in [0.25, 0.3) is 0 Å². The highest BCUT2D eigenvalue weighted by atomic mass is 79.9. The molecule has 0 saturated heterocycles. The van der Waals surface area contributed by atoms with Gasteiger partial charge in [-0.3, -0.25) is 4.79 Å². The molecule has 0 saturated carbocycles. The van der Waals surface area contributed by atoms with E-state index < -0.39 is 0 Å². The van der Waals surface area contributed by atoms with Gasteiger partial charge in [-0.25, -0.2) is 0 Å². The van der Waals surface area contributed by atoms with E-state index in [1.165, 1.54) is 0 Å². The number of fused-ring (bicyclic) bond motifs is 1. The van der Waals surface area contributed by atoms with Crippen LogP contribution in [0.15, 0.2) is 62.2 Å². The zero-order valence-corrected chi connectivity index (χ0v) is 12.0. The van der Waals surface area contributed by atoms with Crippen molar-refractivity contribution in [2.24, 2.45) is 0 Å². The fourth-order valence-electron chi connectivity index (χ4n) is 1.92. The molecule has 0 aliphatic heterocycles. The molecule has 1 aromatic heterocycles. The van der Waals surface area contributed by atoms with Crippen molar-refractivity contribution in [1.29, 1.82) is 0 Å². The molecule has 0 radical (unpaired) electrons. The molecule has 0 unspecified atom stereocenters. The number of rotatable bonds is 1. The molecule has 0 aliphatic rings. The van der Waals surface area contributed by atoms with Crippen LogP contribution >= 0.6 is 27.5 Å². The van der Waals surface area contributed by atoms with Crippen LogP contribution in [0.25, 0.3) is 22.3 Å². The number of hydrogen-bond acceptors (Lipinski definition) is 2. The quantitative estimate of drug-likeness (QED) is 0.634. The summed E-state index contributed by atoms with van der Waals surface area (Å²) < 4.78 is 6.22. The first-order chi connectivity index (χ1) is 9.16. The Morgan fingerprint density at radius 2 is 1.79 bits per heavy atom. The number of hydrogen-bond donors (Lipinski definition) is 0. The maximum atomic E-state index is 12.3. The summed E-state index contributed by atoms with van der Waals surface area (Å²) in [7, 11) is 0. The van der Waals surface area contributed by atoms with E-state index in [4.69, 9.17) is 16.0 Å². The van der Waals surface area contributed by atoms with Crippen LogP contribution in [-0.2, 0) is 0 Å². The predicted octanol–water partition coefficient (Wildman–Crippen LogP) is 4.88. The molecule has 0 spiro atoms. The van der Waals surface area contributed by atoms with Crippen LogP contribution in [0.3, 0.4) is 0 Å². The first-order valence-corrected chi connectivity index (χ1v) is 6.81. The van der Waals surface area contributed by atoms with Crippen LogP contribution < -0.4 is 5.43 Å². The monoisotopic (exact) mass is 334 g/mol. The van der Waals surface area contributed by atoms with Crippen molar-refractivity contribution < 1.29 is 4.42 Å². The van der Waals surface area contributed by atoms with E-state index >= 15 is 0 Å². The van der Waals surface area contributed by atoms with Crippen LogP contribution in [0.5, 0.6) is 0 Å². The van der Waals surface area contributed by atoms with E-state index in [0.717, 1.165) is 5.56 Å². The molecule has 0 atom stereocenters. The fraction of sp³-hybridized carbons (Fsp3) is 0. The first kappa shape index (κ1) is 12.5. The van der Waals surface area contributed by atoms with Crippen molar-refractivity contribution in [2.75, 3.05) is 0 Å². The molecule has 3 rings (SSSR count). The van der Waals surface area contributed by atoms with Gasteiger partial charge in [-0.2, -0.15) is 0 Å². The van der Waals surface area contributed by atoms with Crippen LogP contribution in [0.2, 0.25) is 5.02 Å². The van der Waals surface area contributed by atoms with E-state index in [-0.39, 0.29) is 5.43 Å². The second kappa shape index (κ2) is 4.83. The summed E-state index contributed by atoms with van der Waals surface area (Å²) in [5, 5.41) is 0.984. The highest BCUT2D eigenvalue weighted by Gasteiger charge is 2.13. The smallest absolute Gasteiger partial charge is 0.207 e. The van der Waals surface area contributed by atoms with Gasteiger partial charge in [0.05, 0.1) is 5.39 Å². The zero-order valence-electron chi connectivity index (χ0n) is 9.69. The van der Waals surface area contributed by atoms with Gasteiger partial charge in [0.15, 0.2) is 5.76 Å². The van der Waals surface area contributed by atoms with Crippen molar-refractivity contribution in [3.63, 3.8) is 0 Å². The molecule has 0 bridgehead atoms. The normalized spacial score (nSPS) is 10.8. The van der Waals surface area contributed by atoms with Gasteiger partial charge in [-0.1, -0.05) is 41.9 Å². The maximum absolute atomic E-state index is 12.3. The Morgan fingerprint density at radius 1 is 1.05 bits per heavy atom. The van der Waals surface area contributed by atoms with Crippen molar-refractivity contribution in [3.05, 3.63) is 68.2 Å². The third-order valence-corrected chi connectivity index (χ3v) is 3.79. The molecule has 0 amide bonds. The van der Waals surface area contributed by atoms with Crippen molar-refractivity contribution in [3.8, 4) is 11.3 Å². The minimum absolute atomic E-state index is 0.123. The minimum Gasteiger partial charge on any atom is -0.455 e. The molecule has 0 N–H and O–H groups in total. The Hall–Kier alpha value is -1.58. The van der Waals surface area contributed by atoms with Gasteiger partial charge in [0.2, 0.25) is 5.43 Å². The number of halogens is 2. The SMILES string of the molecule is O=c1c(Br)c(-c2ccccc2)oc2ccc(Cl)cc12. The Morgan fingerprint density at radius 3 is 2.53 bits per heavy atom. The molecule has 4 heteroatoms. The summed E-state index contributed by atoms with van der Waals surface area (Å²) in [5.41, 5.74) is 1.25. The summed E-state index contributed by atoms with van der Waals surface area (Å²) in [4.78, 5) is 12.3. The summed E-state index contributed by atoms with van der Waals surface area (Å²) in [5.74, 6) is 0.528. The van der Waals surface area contributed by atoms with E-state index in [1.54, 1.807) is 18.2 Å². The zero-order chi connectivity index (χ0) is 13.4. The third kappa shape index (κ3) is 2.20. The Balaban J connectivity index is 2.37. The molecule has 2 nitrogen and oxygen atoms in total. The van der Waals surface area contributed by atoms with Gasteiger partial charge in [0.1, 0.15) is 10.1 Å². The average molecular weight is 336 g/mol. The van der Waals surface area contributed by atoms with Crippen LogP contribution in [0.4, 0.5) is 0 Å². The molecular weight excluding hydrogens is 328 g/mol. The summed E-state index contributed by atoms with van der Waals surface area (Å²) in [6.07, 6.45) is 0. The van der Waals surface area contributed by atoms with E-state index in [2.05, 4.69) is 15.9 Å². The standard InChI is InChI=1S/C15H8BrClO2/c16-13-14(18)11-8-10(17)6-7-12(11)19-15(13)9-4-2-1-3-5-9/h1-8H. The van der Waals surface area contributed by atoms with Crippen LogP contribution in [0, 0.1) is 0 Å². The Bertz CT molecular complexity index is 809. The van der Waals surface area contributed by atoms with Gasteiger partial charge in [-0.05, 0) is 34.1 Å². The van der Waals surface area contributed by atoms with Crippen LogP contribution in [-0.4, -0.2) is 0 Å². The minimum atomic E-state index is -0.123. The van der Waals surface area contributed by atoms with Crippen LogP contribution in [0.1, 0.15) is 0 Å². The van der Waals surface area contributed by atoms with Crippen molar-refractivity contribution in [2.45, 2.75) is 0 Å². The molecule has 0 fully saturated rings. The fourth-order valence-corrected chi connectivity index (χ4v) is 2.62. The average Bonchev–Trinajstić information content (AvgIpc) is 2.44. The summed E-state index contributed by atoms with van der Waals surface area (Å²) in [6.45, 7) is 0. The molecule has 0 aliphatic carbocycles. The lowest BCUT2D eigenvalue weighted by Crippen LogP contribution is -2.04. The molecule has 3 aromatic rings. The third-order valence-electron chi connectivity index (χ3n) is 2.83. The molecule has 1 heterocycles. The molecule has 2 aromatic carbocycles. The lowest BCUT2D eigenvalue weighted by atomic mass is 10.1. The predicted molar refractivity (Wildman–Crippen MR) is 80.6 cm³/mol. The van der Waals surface area contributed by atoms with Gasteiger partial charge < -0.3 is 4.42 Å². The second-order valence-electron chi connectivity index (χ2n) is 4.08. The van der Waals surface area contributed by atoms with E-state index in [9.17, 15) is 4.79 Å². The second-order valence-corrected chi connectivity index (χ2v) is 5.31. The highest BCUT2D eigenvalue weighted by molar-refractivity contribution is 9.10. The summed E-state index contributed by atoms with van der Waals surface area (Å²) >= 11 is 9.22. The van der Waals surface area contributed by atoms with Crippen molar-refractivity contribution in [1.82, 2.24) is 0 Å². The van der Waals surface area contributed by atoms with Crippen molar-refractivity contribution >= 4 is 38.5 Å². The highest BCUT2D eigenvalue weighted by Crippen LogP contribution is 2.29. The maximum Gasteiger partial charge on any atom is 0.207 e. The Kier molecular flexibility index (Phi) is 3.17. The molecular formula is C15H8BrClO2. The van der Waals surface area contributed by atoms with E-state index in [0.29, 0.717) is 26.2 Å². The first-order valence-electron chi connectivity index (χ1n) is 5.64. The lowest BCUT2D eigenvalue weighted by Gasteiger charge is -2.06. The largest absolute Gasteiger partial charge is 0.455 e.